The molecular formula is C14H19N3. The number of nitrogens with zero attached hydrogens (tertiary/aromatic N) is 2. The molecule has 3 heterocycles. The van der Waals surface area contributed by atoms with E-state index in [4.69, 9.17) is 4.98 Å². The number of aromatic nitrogens is 2. The van der Waals surface area contributed by atoms with Crippen molar-refractivity contribution >= 4 is 5.65 Å². The van der Waals surface area contributed by atoms with Crippen LogP contribution < -0.4 is 5.32 Å². The summed E-state index contributed by atoms with van der Waals surface area (Å²) in [6, 6.07) is 4.25. The molecule has 0 atom stereocenters. The summed E-state index contributed by atoms with van der Waals surface area (Å²) in [6.07, 6.45) is 4.60. The summed E-state index contributed by atoms with van der Waals surface area (Å²) < 4.78 is 2.29. The number of hydrogen-bond acceptors (Lipinski definition) is 2. The molecule has 3 heteroatoms. The number of aryl methyl sites for hydroxylation is 2. The van der Waals surface area contributed by atoms with Crippen LogP contribution in [0.15, 0.2) is 18.3 Å². The fourth-order valence-corrected chi connectivity index (χ4v) is 2.92. The first-order valence-corrected chi connectivity index (χ1v) is 6.42. The van der Waals surface area contributed by atoms with Crippen LogP contribution in [0.4, 0.5) is 0 Å². The third-order valence-electron chi connectivity index (χ3n) is 3.79. The van der Waals surface area contributed by atoms with Crippen molar-refractivity contribution in [2.75, 3.05) is 13.1 Å². The number of hydrogen-bond donors (Lipinski definition) is 1. The van der Waals surface area contributed by atoms with Gasteiger partial charge in [-0.25, -0.2) is 4.98 Å². The van der Waals surface area contributed by atoms with Gasteiger partial charge in [0.2, 0.25) is 0 Å². The maximum absolute atomic E-state index is 4.73. The van der Waals surface area contributed by atoms with Gasteiger partial charge in [-0.3, -0.25) is 0 Å². The molecule has 1 aliphatic heterocycles. The Labute approximate surface area is 102 Å². The van der Waals surface area contributed by atoms with Gasteiger partial charge in [0.15, 0.2) is 0 Å². The Bertz CT molecular complexity index is 536. The molecule has 0 unspecified atom stereocenters. The van der Waals surface area contributed by atoms with Crippen LogP contribution in [0.2, 0.25) is 0 Å². The molecule has 3 nitrogen and oxygen atoms in total. The van der Waals surface area contributed by atoms with Gasteiger partial charge in [-0.15, -0.1) is 0 Å². The third-order valence-corrected chi connectivity index (χ3v) is 3.79. The quantitative estimate of drug-likeness (QED) is 0.813. The normalized spacial score (nSPS) is 17.8. The van der Waals surface area contributed by atoms with E-state index in [1.807, 2.05) is 0 Å². The molecule has 0 amide bonds. The SMILES string of the molecule is Cc1nc2c(C)cccn2c1C1CCNCC1. The lowest BCUT2D eigenvalue weighted by Crippen LogP contribution is -2.27. The van der Waals surface area contributed by atoms with E-state index in [0.29, 0.717) is 5.92 Å². The van der Waals surface area contributed by atoms with Crippen LogP contribution in [0.5, 0.6) is 0 Å². The Kier molecular flexibility index (Phi) is 2.63. The van der Waals surface area contributed by atoms with Gasteiger partial charge in [0, 0.05) is 17.8 Å². The summed E-state index contributed by atoms with van der Waals surface area (Å²) >= 11 is 0. The van der Waals surface area contributed by atoms with Gasteiger partial charge in [-0.1, -0.05) is 6.07 Å². The van der Waals surface area contributed by atoms with E-state index in [2.05, 4.69) is 41.9 Å². The standard InChI is InChI=1S/C14H19N3/c1-10-4-3-9-17-13(11(2)16-14(10)17)12-5-7-15-8-6-12/h3-4,9,12,15H,5-8H2,1-2H3. The van der Waals surface area contributed by atoms with Crippen LogP contribution in [0.3, 0.4) is 0 Å². The van der Waals surface area contributed by atoms with E-state index >= 15 is 0 Å². The molecule has 1 fully saturated rings. The summed E-state index contributed by atoms with van der Waals surface area (Å²) in [6.45, 7) is 6.53. The van der Waals surface area contributed by atoms with Crippen LogP contribution in [-0.2, 0) is 0 Å². The molecule has 1 saturated heterocycles. The fraction of sp³-hybridized carbons (Fsp3) is 0.500. The predicted molar refractivity (Wildman–Crippen MR) is 69.5 cm³/mol. The minimum Gasteiger partial charge on any atom is -0.317 e. The van der Waals surface area contributed by atoms with Gasteiger partial charge < -0.3 is 9.72 Å². The summed E-state index contributed by atoms with van der Waals surface area (Å²) in [5, 5.41) is 3.43. The van der Waals surface area contributed by atoms with Crippen molar-refractivity contribution in [2.24, 2.45) is 0 Å². The van der Waals surface area contributed by atoms with Crippen LogP contribution in [0, 0.1) is 13.8 Å². The number of fused-ring (bicyclic) bond motifs is 1. The van der Waals surface area contributed by atoms with Crippen molar-refractivity contribution in [3.8, 4) is 0 Å². The molecule has 0 aromatic carbocycles. The second kappa shape index (κ2) is 4.15. The first-order chi connectivity index (χ1) is 8.27. The van der Waals surface area contributed by atoms with Crippen LogP contribution in [-0.4, -0.2) is 22.5 Å². The number of piperidine rings is 1. The van der Waals surface area contributed by atoms with Crippen molar-refractivity contribution in [3.05, 3.63) is 35.3 Å². The molecule has 1 aliphatic rings. The lowest BCUT2D eigenvalue weighted by Gasteiger charge is -2.23. The van der Waals surface area contributed by atoms with Crippen LogP contribution in [0.25, 0.3) is 5.65 Å². The number of pyridine rings is 1. The summed E-state index contributed by atoms with van der Waals surface area (Å²) in [4.78, 5) is 4.73. The molecule has 90 valence electrons. The Morgan fingerprint density at radius 1 is 1.29 bits per heavy atom. The second-order valence-corrected chi connectivity index (χ2v) is 4.99. The van der Waals surface area contributed by atoms with Gasteiger partial charge in [0.25, 0.3) is 0 Å². The Balaban J connectivity index is 2.14. The Hall–Kier alpha value is -1.35. The highest BCUT2D eigenvalue weighted by molar-refractivity contribution is 5.50. The average Bonchev–Trinajstić information content (AvgIpc) is 2.68. The molecule has 17 heavy (non-hydrogen) atoms. The van der Waals surface area contributed by atoms with Crippen molar-refractivity contribution in [1.29, 1.82) is 0 Å². The molecule has 2 aromatic rings. The summed E-state index contributed by atoms with van der Waals surface area (Å²) in [5.74, 6) is 0.660. The molecule has 2 aromatic heterocycles. The molecule has 0 bridgehead atoms. The Morgan fingerprint density at radius 3 is 2.82 bits per heavy atom. The highest BCUT2D eigenvalue weighted by Crippen LogP contribution is 2.29. The second-order valence-electron chi connectivity index (χ2n) is 4.99. The highest BCUT2D eigenvalue weighted by atomic mass is 15.0. The van der Waals surface area contributed by atoms with Crippen molar-refractivity contribution in [2.45, 2.75) is 32.6 Å². The topological polar surface area (TPSA) is 29.3 Å². The van der Waals surface area contributed by atoms with Crippen molar-refractivity contribution < 1.29 is 0 Å². The number of imidazole rings is 1. The zero-order valence-electron chi connectivity index (χ0n) is 10.5. The zero-order valence-corrected chi connectivity index (χ0v) is 10.5. The van der Waals surface area contributed by atoms with Crippen LogP contribution >= 0.6 is 0 Å². The number of rotatable bonds is 1. The predicted octanol–water partition coefficient (Wildman–Crippen LogP) is 2.42. The van der Waals surface area contributed by atoms with E-state index < -0.39 is 0 Å². The first-order valence-electron chi connectivity index (χ1n) is 6.42. The Morgan fingerprint density at radius 2 is 2.06 bits per heavy atom. The molecular weight excluding hydrogens is 210 g/mol. The van der Waals surface area contributed by atoms with Gasteiger partial charge in [-0.2, -0.15) is 0 Å². The average molecular weight is 229 g/mol. The largest absolute Gasteiger partial charge is 0.317 e. The molecule has 3 rings (SSSR count). The van der Waals surface area contributed by atoms with E-state index in [1.165, 1.54) is 29.8 Å². The smallest absolute Gasteiger partial charge is 0.140 e. The van der Waals surface area contributed by atoms with Crippen LogP contribution in [0.1, 0.15) is 35.7 Å². The minimum absolute atomic E-state index is 0.660. The zero-order chi connectivity index (χ0) is 11.8. The molecule has 0 saturated carbocycles. The van der Waals surface area contributed by atoms with E-state index in [-0.39, 0.29) is 0 Å². The maximum atomic E-state index is 4.73. The van der Waals surface area contributed by atoms with Gasteiger partial charge >= 0.3 is 0 Å². The molecule has 0 radical (unpaired) electrons. The van der Waals surface area contributed by atoms with E-state index in [0.717, 1.165) is 18.7 Å². The minimum atomic E-state index is 0.660. The first kappa shape index (κ1) is 10.8. The monoisotopic (exact) mass is 229 g/mol. The van der Waals surface area contributed by atoms with E-state index in [1.54, 1.807) is 0 Å². The highest BCUT2D eigenvalue weighted by Gasteiger charge is 2.21. The maximum Gasteiger partial charge on any atom is 0.140 e. The summed E-state index contributed by atoms with van der Waals surface area (Å²) in [5.41, 5.74) is 5.01. The van der Waals surface area contributed by atoms with Crippen molar-refractivity contribution in [3.63, 3.8) is 0 Å². The molecule has 1 N–H and O–H groups in total. The molecule has 0 spiro atoms. The lowest BCUT2D eigenvalue weighted by atomic mass is 9.93. The number of nitrogens with one attached hydrogen (secondary N) is 1. The lowest BCUT2D eigenvalue weighted by molar-refractivity contribution is 0.450. The van der Waals surface area contributed by atoms with Crippen molar-refractivity contribution in [1.82, 2.24) is 14.7 Å². The third kappa shape index (κ3) is 1.75. The summed E-state index contributed by atoms with van der Waals surface area (Å²) in [7, 11) is 0. The van der Waals surface area contributed by atoms with E-state index in [9.17, 15) is 0 Å². The van der Waals surface area contributed by atoms with Gasteiger partial charge in [0.1, 0.15) is 5.65 Å². The molecule has 0 aliphatic carbocycles. The fourth-order valence-electron chi connectivity index (χ4n) is 2.92. The van der Waals surface area contributed by atoms with Gasteiger partial charge in [0.05, 0.1) is 5.69 Å². The van der Waals surface area contributed by atoms with Gasteiger partial charge in [-0.05, 0) is 51.4 Å².